The minimum absolute atomic E-state index is 0.0903. The summed E-state index contributed by atoms with van der Waals surface area (Å²) in [7, 11) is 0. The average Bonchev–Trinajstić information content (AvgIpc) is 2.00. The number of esters is 1. The van der Waals surface area contributed by atoms with Gasteiger partial charge in [-0.3, -0.25) is 0 Å². The zero-order chi connectivity index (χ0) is 8.69. The number of carbonyl (C=O) groups is 1. The van der Waals surface area contributed by atoms with Crippen molar-refractivity contribution in [1.29, 1.82) is 0 Å². The molecule has 66 valence electrons. The fourth-order valence-corrected chi connectivity index (χ4v) is 0.626. The van der Waals surface area contributed by atoms with Crippen molar-refractivity contribution in [3.8, 4) is 0 Å². The topological polar surface area (TPSA) is 55.8 Å². The third-order valence-electron chi connectivity index (χ3n) is 0.855. The quantitative estimate of drug-likeness (QED) is 0.350. The third kappa shape index (κ3) is 5.06. The molecule has 1 unspecified atom stereocenters. The van der Waals surface area contributed by atoms with Crippen LogP contribution >= 0.6 is 12.6 Å². The first-order valence-corrected chi connectivity index (χ1v) is 3.81. The minimum Gasteiger partial charge on any atom is -0.463 e. The van der Waals surface area contributed by atoms with Crippen molar-refractivity contribution in [3.63, 3.8) is 0 Å². The van der Waals surface area contributed by atoms with Crippen LogP contribution in [0.5, 0.6) is 0 Å². The van der Waals surface area contributed by atoms with E-state index in [0.29, 0.717) is 6.61 Å². The number of hydrogen-bond acceptors (Lipinski definition) is 5. The molecule has 0 aromatic rings. The second-order valence-corrected chi connectivity index (χ2v) is 2.17. The zero-order valence-electron chi connectivity index (χ0n) is 6.32. The van der Waals surface area contributed by atoms with Crippen LogP contribution in [-0.4, -0.2) is 36.3 Å². The van der Waals surface area contributed by atoms with Crippen LogP contribution in [0.3, 0.4) is 0 Å². The SMILES string of the molecule is CCOC(=O)C(S)OCCO. The Morgan fingerprint density at radius 1 is 1.73 bits per heavy atom. The summed E-state index contributed by atoms with van der Waals surface area (Å²) >= 11 is 3.79. The molecule has 0 rings (SSSR count). The van der Waals surface area contributed by atoms with Crippen molar-refractivity contribution >= 4 is 18.6 Å². The van der Waals surface area contributed by atoms with Crippen molar-refractivity contribution in [2.45, 2.75) is 12.4 Å². The van der Waals surface area contributed by atoms with E-state index in [1.54, 1.807) is 6.92 Å². The van der Waals surface area contributed by atoms with Crippen molar-refractivity contribution < 1.29 is 19.4 Å². The summed E-state index contributed by atoms with van der Waals surface area (Å²) in [6.07, 6.45) is 0. The van der Waals surface area contributed by atoms with E-state index in [-0.39, 0.29) is 13.2 Å². The van der Waals surface area contributed by atoms with E-state index >= 15 is 0 Å². The number of carbonyl (C=O) groups excluding carboxylic acids is 1. The van der Waals surface area contributed by atoms with Gasteiger partial charge in [0, 0.05) is 0 Å². The highest BCUT2D eigenvalue weighted by atomic mass is 32.1. The Bertz CT molecular complexity index is 117. The third-order valence-corrected chi connectivity index (χ3v) is 1.22. The summed E-state index contributed by atoms with van der Waals surface area (Å²) in [5.41, 5.74) is -0.887. The average molecular weight is 180 g/mol. The Morgan fingerprint density at radius 3 is 2.82 bits per heavy atom. The van der Waals surface area contributed by atoms with Crippen molar-refractivity contribution in [2.24, 2.45) is 0 Å². The molecule has 0 aliphatic rings. The van der Waals surface area contributed by atoms with Crippen LogP contribution in [0.4, 0.5) is 0 Å². The molecule has 0 spiro atoms. The fourth-order valence-electron chi connectivity index (χ4n) is 0.446. The highest BCUT2D eigenvalue weighted by Gasteiger charge is 2.14. The number of thiol groups is 1. The molecule has 0 amide bonds. The van der Waals surface area contributed by atoms with Crippen molar-refractivity contribution in [2.75, 3.05) is 19.8 Å². The Hall–Kier alpha value is -0.260. The number of aliphatic hydroxyl groups excluding tert-OH is 1. The van der Waals surface area contributed by atoms with Crippen LogP contribution < -0.4 is 0 Å². The normalized spacial score (nSPS) is 12.6. The molecule has 0 bridgehead atoms. The summed E-state index contributed by atoms with van der Waals surface area (Å²) in [4.78, 5) is 10.7. The van der Waals surface area contributed by atoms with Crippen LogP contribution in [0.15, 0.2) is 0 Å². The summed E-state index contributed by atoms with van der Waals surface area (Å²) in [6.45, 7) is 1.96. The lowest BCUT2D eigenvalue weighted by molar-refractivity contribution is -0.150. The lowest BCUT2D eigenvalue weighted by Crippen LogP contribution is -2.22. The lowest BCUT2D eigenvalue weighted by Gasteiger charge is -2.09. The molecule has 0 fully saturated rings. The fraction of sp³-hybridized carbons (Fsp3) is 0.833. The Balaban J connectivity index is 3.46. The Labute approximate surface area is 70.9 Å². The van der Waals surface area contributed by atoms with E-state index in [2.05, 4.69) is 17.4 Å². The minimum atomic E-state index is -0.887. The molecule has 0 heterocycles. The molecular weight excluding hydrogens is 168 g/mol. The summed E-state index contributed by atoms with van der Waals surface area (Å²) in [5.74, 6) is -0.524. The van der Waals surface area contributed by atoms with Gasteiger partial charge < -0.3 is 14.6 Å². The predicted octanol–water partition coefficient (Wildman–Crippen LogP) is -0.186. The number of hydrogen-bond donors (Lipinski definition) is 2. The maximum atomic E-state index is 10.7. The number of aliphatic hydroxyl groups is 1. The molecule has 0 saturated carbocycles. The maximum Gasteiger partial charge on any atom is 0.345 e. The van der Waals surface area contributed by atoms with Gasteiger partial charge in [0.05, 0.1) is 19.8 Å². The summed E-state index contributed by atoms with van der Waals surface area (Å²) in [5, 5.41) is 8.32. The molecule has 1 atom stereocenters. The lowest BCUT2D eigenvalue weighted by atomic mass is 10.7. The van der Waals surface area contributed by atoms with Gasteiger partial charge in [0.15, 0.2) is 5.44 Å². The van der Waals surface area contributed by atoms with Crippen molar-refractivity contribution in [1.82, 2.24) is 0 Å². The largest absolute Gasteiger partial charge is 0.463 e. The van der Waals surface area contributed by atoms with Crippen LogP contribution in [0, 0.1) is 0 Å². The molecule has 1 N–H and O–H groups in total. The van der Waals surface area contributed by atoms with Gasteiger partial charge in [-0.05, 0) is 6.92 Å². The van der Waals surface area contributed by atoms with Crippen LogP contribution in [0.1, 0.15) is 6.92 Å². The Kier molecular flexibility index (Phi) is 6.30. The molecule has 0 aliphatic heterocycles. The van der Waals surface area contributed by atoms with E-state index in [9.17, 15) is 4.79 Å². The smallest absolute Gasteiger partial charge is 0.345 e. The van der Waals surface area contributed by atoms with Crippen LogP contribution in [-0.2, 0) is 14.3 Å². The van der Waals surface area contributed by atoms with E-state index in [1.165, 1.54) is 0 Å². The zero-order valence-corrected chi connectivity index (χ0v) is 7.21. The highest BCUT2D eigenvalue weighted by Crippen LogP contribution is 1.99. The van der Waals surface area contributed by atoms with E-state index in [0.717, 1.165) is 0 Å². The monoisotopic (exact) mass is 180 g/mol. The summed E-state index contributed by atoms with van der Waals surface area (Å²) in [6, 6.07) is 0. The molecule has 11 heavy (non-hydrogen) atoms. The standard InChI is InChI=1S/C6H12O4S/c1-2-9-5(8)6(11)10-4-3-7/h6-7,11H,2-4H2,1H3. The van der Waals surface area contributed by atoms with Gasteiger partial charge in [0.2, 0.25) is 0 Å². The van der Waals surface area contributed by atoms with Gasteiger partial charge >= 0.3 is 5.97 Å². The second kappa shape index (κ2) is 6.45. The second-order valence-electron chi connectivity index (χ2n) is 1.70. The first-order chi connectivity index (χ1) is 5.22. The van der Waals surface area contributed by atoms with Gasteiger partial charge in [-0.1, -0.05) is 0 Å². The molecule has 0 aromatic heterocycles. The van der Waals surface area contributed by atoms with Crippen LogP contribution in [0.2, 0.25) is 0 Å². The van der Waals surface area contributed by atoms with Crippen molar-refractivity contribution in [3.05, 3.63) is 0 Å². The number of rotatable bonds is 5. The molecule has 0 aliphatic carbocycles. The molecule has 5 heteroatoms. The molecule has 0 saturated heterocycles. The summed E-state index contributed by atoms with van der Waals surface area (Å²) < 4.78 is 9.32. The predicted molar refractivity (Wildman–Crippen MR) is 42.4 cm³/mol. The van der Waals surface area contributed by atoms with Gasteiger partial charge in [-0.2, -0.15) is 0 Å². The molecule has 4 nitrogen and oxygen atoms in total. The molecule has 0 aromatic carbocycles. The molecular formula is C6H12O4S. The van der Waals surface area contributed by atoms with Gasteiger partial charge in [0.25, 0.3) is 0 Å². The molecule has 0 radical (unpaired) electrons. The van der Waals surface area contributed by atoms with Gasteiger partial charge in [-0.25, -0.2) is 4.79 Å². The first-order valence-electron chi connectivity index (χ1n) is 3.29. The number of ether oxygens (including phenoxy) is 2. The van der Waals surface area contributed by atoms with Gasteiger partial charge in [0.1, 0.15) is 0 Å². The van der Waals surface area contributed by atoms with E-state index in [1.807, 2.05) is 0 Å². The van der Waals surface area contributed by atoms with E-state index < -0.39 is 11.4 Å². The van der Waals surface area contributed by atoms with E-state index in [4.69, 9.17) is 9.84 Å². The highest BCUT2D eigenvalue weighted by molar-refractivity contribution is 7.81. The first kappa shape index (κ1) is 10.7. The van der Waals surface area contributed by atoms with Gasteiger partial charge in [-0.15, -0.1) is 12.6 Å². The van der Waals surface area contributed by atoms with Crippen LogP contribution in [0.25, 0.3) is 0 Å². The Morgan fingerprint density at radius 2 is 2.36 bits per heavy atom. The maximum absolute atomic E-state index is 10.7.